The molecule has 17 heavy (non-hydrogen) atoms. The molecule has 0 atom stereocenters. The predicted octanol–water partition coefficient (Wildman–Crippen LogP) is 0.467. The van der Waals surface area contributed by atoms with E-state index < -0.39 is 5.54 Å². The van der Waals surface area contributed by atoms with Crippen LogP contribution in [0.3, 0.4) is 0 Å². The molecule has 5 nitrogen and oxygen atoms in total. The first-order valence-electron chi connectivity index (χ1n) is 5.96. The second-order valence-electron chi connectivity index (χ2n) is 4.68. The van der Waals surface area contributed by atoms with Gasteiger partial charge in [-0.1, -0.05) is 6.92 Å². The van der Waals surface area contributed by atoms with Crippen molar-refractivity contribution in [2.75, 3.05) is 13.1 Å². The quantitative estimate of drug-likeness (QED) is 0.757. The summed E-state index contributed by atoms with van der Waals surface area (Å²) in [4.78, 5) is 11.9. The van der Waals surface area contributed by atoms with Crippen molar-refractivity contribution in [2.24, 2.45) is 7.05 Å². The Hall–Kier alpha value is -1.36. The number of hydrogen-bond acceptors (Lipinski definition) is 3. The van der Waals surface area contributed by atoms with Crippen LogP contribution in [0.2, 0.25) is 0 Å². The van der Waals surface area contributed by atoms with E-state index in [2.05, 4.69) is 15.7 Å². The molecule has 1 amide bonds. The number of aryl methyl sites for hydroxylation is 1. The van der Waals surface area contributed by atoms with Crippen molar-refractivity contribution in [2.45, 2.75) is 32.7 Å². The lowest BCUT2D eigenvalue weighted by atomic mass is 10.0. The summed E-state index contributed by atoms with van der Waals surface area (Å²) in [5.41, 5.74) is 0.623. The Morgan fingerprint density at radius 2 is 2.24 bits per heavy atom. The molecular weight excluding hydrogens is 216 g/mol. The lowest BCUT2D eigenvalue weighted by molar-refractivity contribution is -0.126. The van der Waals surface area contributed by atoms with Gasteiger partial charge in [-0.2, -0.15) is 5.10 Å². The number of carbonyl (C=O) groups is 1. The van der Waals surface area contributed by atoms with Crippen molar-refractivity contribution in [3.8, 4) is 0 Å². The highest BCUT2D eigenvalue weighted by Crippen LogP contribution is 2.02. The van der Waals surface area contributed by atoms with Crippen molar-refractivity contribution in [1.82, 2.24) is 20.4 Å². The number of carbonyl (C=O) groups excluding carboxylic acids is 1. The van der Waals surface area contributed by atoms with Crippen LogP contribution < -0.4 is 10.6 Å². The van der Waals surface area contributed by atoms with Crippen LogP contribution in [0, 0.1) is 0 Å². The Bertz CT molecular complexity index is 370. The molecule has 0 aliphatic rings. The van der Waals surface area contributed by atoms with Gasteiger partial charge in [-0.3, -0.25) is 9.48 Å². The van der Waals surface area contributed by atoms with E-state index in [1.807, 2.05) is 40.2 Å². The van der Waals surface area contributed by atoms with Crippen LogP contribution in [0.4, 0.5) is 0 Å². The fourth-order valence-corrected chi connectivity index (χ4v) is 1.66. The van der Waals surface area contributed by atoms with Crippen LogP contribution in [-0.2, 0) is 18.3 Å². The molecular formula is C12H22N4O. The Morgan fingerprint density at radius 1 is 1.53 bits per heavy atom. The molecule has 0 bridgehead atoms. The zero-order valence-electron chi connectivity index (χ0n) is 11.1. The summed E-state index contributed by atoms with van der Waals surface area (Å²) in [5.74, 6) is 0.0308. The molecule has 1 rings (SSSR count). The van der Waals surface area contributed by atoms with Crippen LogP contribution in [-0.4, -0.2) is 34.3 Å². The highest BCUT2D eigenvalue weighted by atomic mass is 16.2. The van der Waals surface area contributed by atoms with E-state index in [0.717, 1.165) is 18.5 Å². The normalized spacial score (nSPS) is 11.5. The smallest absolute Gasteiger partial charge is 0.239 e. The van der Waals surface area contributed by atoms with Gasteiger partial charge in [0.15, 0.2) is 0 Å². The topological polar surface area (TPSA) is 59.0 Å². The van der Waals surface area contributed by atoms with Gasteiger partial charge in [-0.25, -0.2) is 0 Å². The summed E-state index contributed by atoms with van der Waals surface area (Å²) >= 11 is 0. The van der Waals surface area contributed by atoms with Crippen molar-refractivity contribution >= 4 is 5.91 Å². The van der Waals surface area contributed by atoms with Crippen LogP contribution >= 0.6 is 0 Å². The third-order valence-corrected chi connectivity index (χ3v) is 2.64. The van der Waals surface area contributed by atoms with Gasteiger partial charge in [0.1, 0.15) is 0 Å². The van der Waals surface area contributed by atoms with E-state index in [0.29, 0.717) is 6.54 Å². The minimum absolute atomic E-state index is 0.0308. The van der Waals surface area contributed by atoms with Crippen LogP contribution in [0.5, 0.6) is 0 Å². The maximum absolute atomic E-state index is 11.9. The monoisotopic (exact) mass is 238 g/mol. The number of aromatic nitrogens is 2. The van der Waals surface area contributed by atoms with E-state index in [1.54, 1.807) is 4.68 Å². The molecule has 1 heterocycles. The van der Waals surface area contributed by atoms with Crippen molar-refractivity contribution in [1.29, 1.82) is 0 Å². The van der Waals surface area contributed by atoms with Gasteiger partial charge in [-0.05, 0) is 32.4 Å². The average molecular weight is 238 g/mol. The molecule has 0 aromatic carbocycles. The lowest BCUT2D eigenvalue weighted by Gasteiger charge is -2.24. The van der Waals surface area contributed by atoms with Gasteiger partial charge >= 0.3 is 0 Å². The van der Waals surface area contributed by atoms with E-state index in [-0.39, 0.29) is 5.91 Å². The van der Waals surface area contributed by atoms with Gasteiger partial charge in [0.25, 0.3) is 0 Å². The molecule has 0 spiro atoms. The molecule has 1 aromatic rings. The minimum Gasteiger partial charge on any atom is -0.354 e. The molecule has 0 radical (unpaired) electrons. The van der Waals surface area contributed by atoms with E-state index in [9.17, 15) is 4.79 Å². The fourth-order valence-electron chi connectivity index (χ4n) is 1.66. The summed E-state index contributed by atoms with van der Waals surface area (Å²) < 4.78 is 1.76. The van der Waals surface area contributed by atoms with Gasteiger partial charge < -0.3 is 10.6 Å². The summed E-state index contributed by atoms with van der Waals surface area (Å²) in [5, 5.41) is 10.2. The predicted molar refractivity (Wildman–Crippen MR) is 67.7 cm³/mol. The zero-order chi connectivity index (χ0) is 12.9. The maximum Gasteiger partial charge on any atom is 0.239 e. The lowest BCUT2D eigenvalue weighted by Crippen LogP contribution is -2.52. The van der Waals surface area contributed by atoms with Crippen LogP contribution in [0.15, 0.2) is 12.4 Å². The van der Waals surface area contributed by atoms with Crippen LogP contribution in [0.1, 0.15) is 26.3 Å². The average Bonchev–Trinajstić information content (AvgIpc) is 2.64. The standard InChI is InChI=1S/C12H22N4O/c1-5-14-12(2,3)11(17)13-7-6-10-8-15-16(4)9-10/h8-9,14H,5-7H2,1-4H3,(H,13,17). The molecule has 1 aromatic heterocycles. The minimum atomic E-state index is -0.510. The van der Waals surface area contributed by atoms with Crippen molar-refractivity contribution in [3.05, 3.63) is 18.0 Å². The third-order valence-electron chi connectivity index (χ3n) is 2.64. The van der Waals surface area contributed by atoms with Gasteiger partial charge in [-0.15, -0.1) is 0 Å². The number of hydrogen-bond donors (Lipinski definition) is 2. The third kappa shape index (κ3) is 4.19. The molecule has 0 unspecified atom stereocenters. The first-order chi connectivity index (χ1) is 7.95. The summed E-state index contributed by atoms with van der Waals surface area (Å²) in [6.45, 7) is 7.18. The highest BCUT2D eigenvalue weighted by molar-refractivity contribution is 5.85. The number of nitrogens with zero attached hydrogens (tertiary/aromatic N) is 2. The van der Waals surface area contributed by atoms with E-state index >= 15 is 0 Å². The number of likely N-dealkylation sites (N-methyl/N-ethyl adjacent to an activating group) is 1. The Morgan fingerprint density at radius 3 is 2.76 bits per heavy atom. The Kier molecular flexibility index (Phi) is 4.69. The number of rotatable bonds is 6. The van der Waals surface area contributed by atoms with Crippen molar-refractivity contribution < 1.29 is 4.79 Å². The molecule has 0 saturated carbocycles. The second-order valence-corrected chi connectivity index (χ2v) is 4.68. The van der Waals surface area contributed by atoms with Gasteiger partial charge in [0, 0.05) is 19.8 Å². The van der Waals surface area contributed by atoms with E-state index in [4.69, 9.17) is 0 Å². The SMILES string of the molecule is CCNC(C)(C)C(=O)NCCc1cnn(C)c1. The number of amides is 1. The van der Waals surface area contributed by atoms with E-state index in [1.165, 1.54) is 0 Å². The number of nitrogens with one attached hydrogen (secondary N) is 2. The zero-order valence-corrected chi connectivity index (χ0v) is 11.1. The molecule has 0 fully saturated rings. The molecule has 96 valence electrons. The maximum atomic E-state index is 11.9. The largest absolute Gasteiger partial charge is 0.354 e. The molecule has 5 heteroatoms. The summed E-state index contributed by atoms with van der Waals surface area (Å²) in [6.07, 6.45) is 4.59. The van der Waals surface area contributed by atoms with Gasteiger partial charge in [0.05, 0.1) is 11.7 Å². The second kappa shape index (κ2) is 5.82. The Balaban J connectivity index is 2.33. The first-order valence-corrected chi connectivity index (χ1v) is 5.96. The summed E-state index contributed by atoms with van der Waals surface area (Å²) in [6, 6.07) is 0. The first kappa shape index (κ1) is 13.7. The molecule has 0 aliphatic carbocycles. The van der Waals surface area contributed by atoms with Crippen LogP contribution in [0.25, 0.3) is 0 Å². The highest BCUT2D eigenvalue weighted by Gasteiger charge is 2.25. The fraction of sp³-hybridized carbons (Fsp3) is 0.667. The summed E-state index contributed by atoms with van der Waals surface area (Å²) in [7, 11) is 1.89. The molecule has 2 N–H and O–H groups in total. The Labute approximate surface area is 103 Å². The van der Waals surface area contributed by atoms with Crippen molar-refractivity contribution in [3.63, 3.8) is 0 Å². The van der Waals surface area contributed by atoms with Gasteiger partial charge in [0.2, 0.25) is 5.91 Å². The molecule has 0 saturated heterocycles. The molecule has 0 aliphatic heterocycles.